The van der Waals surface area contributed by atoms with Gasteiger partial charge in [0.05, 0.1) is 0 Å². The van der Waals surface area contributed by atoms with E-state index in [0.29, 0.717) is 6.04 Å². The molecule has 0 aliphatic heterocycles. The third-order valence-electron chi connectivity index (χ3n) is 3.65. The smallest absolute Gasteiger partial charge is 0.185 e. The van der Waals surface area contributed by atoms with E-state index in [9.17, 15) is 0 Å². The third kappa shape index (κ3) is 5.49. The van der Waals surface area contributed by atoms with Crippen molar-refractivity contribution in [1.29, 1.82) is 0 Å². The fourth-order valence-electron chi connectivity index (χ4n) is 2.15. The lowest BCUT2D eigenvalue weighted by Crippen LogP contribution is -2.26. The molecule has 0 aliphatic carbocycles. The number of rotatable bonds is 9. The molecular weight excluding hydrogens is 254 g/mol. The van der Waals surface area contributed by atoms with E-state index >= 15 is 0 Å². The summed E-state index contributed by atoms with van der Waals surface area (Å²) >= 11 is 1.81. The monoisotopic (exact) mass is 283 g/mol. The van der Waals surface area contributed by atoms with Crippen molar-refractivity contribution in [2.75, 3.05) is 18.0 Å². The zero-order valence-electron chi connectivity index (χ0n) is 13.1. The van der Waals surface area contributed by atoms with Crippen LogP contribution in [0.2, 0.25) is 0 Å². The van der Waals surface area contributed by atoms with Crippen LogP contribution in [0, 0.1) is 5.92 Å². The first-order valence-corrected chi connectivity index (χ1v) is 8.35. The molecule has 0 aromatic carbocycles. The first kappa shape index (κ1) is 16.4. The summed E-state index contributed by atoms with van der Waals surface area (Å²) in [7, 11) is 0. The van der Waals surface area contributed by atoms with E-state index in [1.165, 1.54) is 17.7 Å². The van der Waals surface area contributed by atoms with E-state index in [0.717, 1.165) is 30.7 Å². The van der Waals surface area contributed by atoms with Crippen molar-refractivity contribution in [2.24, 2.45) is 5.92 Å². The molecule has 1 aromatic rings. The normalized spacial score (nSPS) is 14.4. The van der Waals surface area contributed by atoms with E-state index in [1.54, 1.807) is 0 Å². The van der Waals surface area contributed by atoms with Crippen LogP contribution in [-0.2, 0) is 6.54 Å². The Morgan fingerprint density at radius 3 is 2.53 bits per heavy atom. The lowest BCUT2D eigenvalue weighted by atomic mass is 10.0. The Hall–Kier alpha value is -0.610. The Kier molecular flexibility index (Phi) is 7.39. The number of thiazole rings is 1. The van der Waals surface area contributed by atoms with Crippen LogP contribution in [0.5, 0.6) is 0 Å². The molecule has 110 valence electrons. The van der Waals surface area contributed by atoms with Crippen LogP contribution in [-0.4, -0.2) is 24.1 Å². The van der Waals surface area contributed by atoms with Gasteiger partial charge in [0.2, 0.25) is 0 Å². The van der Waals surface area contributed by atoms with Crippen LogP contribution >= 0.6 is 11.3 Å². The minimum absolute atomic E-state index is 0.578. The summed E-state index contributed by atoms with van der Waals surface area (Å²) in [5.74, 6) is 0.801. The van der Waals surface area contributed by atoms with Gasteiger partial charge in [-0.25, -0.2) is 4.98 Å². The molecule has 2 unspecified atom stereocenters. The van der Waals surface area contributed by atoms with Crippen LogP contribution in [0.15, 0.2) is 6.20 Å². The van der Waals surface area contributed by atoms with Gasteiger partial charge in [-0.2, -0.15) is 0 Å². The summed E-state index contributed by atoms with van der Waals surface area (Å²) < 4.78 is 0. The average Bonchev–Trinajstić information content (AvgIpc) is 2.86. The van der Waals surface area contributed by atoms with Crippen LogP contribution in [0.3, 0.4) is 0 Å². The largest absolute Gasteiger partial charge is 0.349 e. The lowest BCUT2D eigenvalue weighted by molar-refractivity contribution is 0.413. The van der Waals surface area contributed by atoms with E-state index in [1.807, 2.05) is 17.5 Å². The molecule has 2 atom stereocenters. The van der Waals surface area contributed by atoms with Gasteiger partial charge in [0, 0.05) is 36.8 Å². The molecule has 3 nitrogen and oxygen atoms in total. The number of nitrogens with one attached hydrogen (secondary N) is 1. The number of nitrogens with zero attached hydrogens (tertiary/aromatic N) is 2. The highest BCUT2D eigenvalue weighted by Gasteiger charge is 2.10. The second-order valence-electron chi connectivity index (χ2n) is 5.31. The summed E-state index contributed by atoms with van der Waals surface area (Å²) in [6.07, 6.45) is 4.53. The van der Waals surface area contributed by atoms with Gasteiger partial charge < -0.3 is 10.2 Å². The fraction of sp³-hybridized carbons (Fsp3) is 0.800. The molecular formula is C15H29N3S. The summed E-state index contributed by atoms with van der Waals surface area (Å²) in [4.78, 5) is 8.15. The van der Waals surface area contributed by atoms with Gasteiger partial charge in [-0.1, -0.05) is 20.3 Å². The molecule has 0 saturated heterocycles. The molecule has 4 heteroatoms. The van der Waals surface area contributed by atoms with Crippen molar-refractivity contribution in [2.45, 2.75) is 60.0 Å². The van der Waals surface area contributed by atoms with Crippen molar-refractivity contribution in [3.8, 4) is 0 Å². The Labute approximate surface area is 122 Å². The van der Waals surface area contributed by atoms with Crippen LogP contribution in [0.4, 0.5) is 5.13 Å². The maximum absolute atomic E-state index is 4.52. The summed E-state index contributed by atoms with van der Waals surface area (Å²) in [6, 6.07) is 0.578. The summed E-state index contributed by atoms with van der Waals surface area (Å²) in [6.45, 7) is 14.2. The summed E-state index contributed by atoms with van der Waals surface area (Å²) in [5.41, 5.74) is 0. The van der Waals surface area contributed by atoms with Crippen LogP contribution < -0.4 is 10.2 Å². The van der Waals surface area contributed by atoms with E-state index in [4.69, 9.17) is 0 Å². The maximum atomic E-state index is 4.52. The zero-order chi connectivity index (χ0) is 14.3. The van der Waals surface area contributed by atoms with Gasteiger partial charge in [0.15, 0.2) is 5.13 Å². The molecule has 0 saturated carbocycles. The molecule has 1 N–H and O–H groups in total. The average molecular weight is 283 g/mol. The Balaban J connectivity index is 2.41. The first-order chi connectivity index (χ1) is 9.10. The minimum Gasteiger partial charge on any atom is -0.349 e. The van der Waals surface area contributed by atoms with Crippen molar-refractivity contribution >= 4 is 16.5 Å². The fourth-order valence-corrected chi connectivity index (χ4v) is 3.14. The quantitative estimate of drug-likeness (QED) is 0.745. The van der Waals surface area contributed by atoms with Gasteiger partial charge >= 0.3 is 0 Å². The Morgan fingerprint density at radius 1 is 1.26 bits per heavy atom. The van der Waals surface area contributed by atoms with Crippen LogP contribution in [0.25, 0.3) is 0 Å². The van der Waals surface area contributed by atoms with Gasteiger partial charge in [0.25, 0.3) is 0 Å². The molecule has 0 spiro atoms. The van der Waals surface area contributed by atoms with Gasteiger partial charge in [-0.15, -0.1) is 11.3 Å². The highest BCUT2D eigenvalue weighted by atomic mass is 32.1. The van der Waals surface area contributed by atoms with Crippen molar-refractivity contribution in [3.63, 3.8) is 0 Å². The lowest BCUT2D eigenvalue weighted by Gasteiger charge is -2.17. The van der Waals surface area contributed by atoms with Gasteiger partial charge in [-0.3, -0.25) is 0 Å². The van der Waals surface area contributed by atoms with Crippen molar-refractivity contribution in [3.05, 3.63) is 11.1 Å². The maximum Gasteiger partial charge on any atom is 0.185 e. The number of anilines is 1. The van der Waals surface area contributed by atoms with Crippen molar-refractivity contribution in [1.82, 2.24) is 10.3 Å². The predicted octanol–water partition coefficient (Wildman–Crippen LogP) is 3.90. The topological polar surface area (TPSA) is 28.2 Å². The number of hydrogen-bond acceptors (Lipinski definition) is 4. The molecule has 0 bridgehead atoms. The molecule has 0 amide bonds. The second kappa shape index (κ2) is 8.54. The molecule has 1 heterocycles. The Bertz CT molecular complexity index is 347. The highest BCUT2D eigenvalue weighted by Crippen LogP contribution is 2.22. The van der Waals surface area contributed by atoms with E-state index in [2.05, 4.69) is 49.8 Å². The standard InChI is InChI=1S/C15H29N3S/c1-6-12(4)9-13(5)16-10-14-11-17-15(19-14)18(7-2)8-3/h11-13,16H,6-10H2,1-5H3. The SMILES string of the molecule is CCC(C)CC(C)NCc1cnc(N(CC)CC)s1. The molecule has 1 rings (SSSR count). The van der Waals surface area contributed by atoms with Crippen LogP contribution in [0.1, 0.15) is 52.3 Å². The van der Waals surface area contributed by atoms with Crippen molar-refractivity contribution < 1.29 is 0 Å². The molecule has 19 heavy (non-hydrogen) atoms. The van der Waals surface area contributed by atoms with Gasteiger partial charge in [0.1, 0.15) is 0 Å². The number of hydrogen-bond donors (Lipinski definition) is 1. The minimum atomic E-state index is 0.578. The highest BCUT2D eigenvalue weighted by molar-refractivity contribution is 7.15. The number of aromatic nitrogens is 1. The third-order valence-corrected chi connectivity index (χ3v) is 4.71. The van der Waals surface area contributed by atoms with E-state index in [-0.39, 0.29) is 0 Å². The first-order valence-electron chi connectivity index (χ1n) is 7.53. The molecule has 0 fully saturated rings. The predicted molar refractivity (Wildman–Crippen MR) is 86.0 cm³/mol. The molecule has 0 aliphatic rings. The summed E-state index contributed by atoms with van der Waals surface area (Å²) in [5, 5.41) is 4.75. The second-order valence-corrected chi connectivity index (χ2v) is 6.41. The van der Waals surface area contributed by atoms with E-state index < -0.39 is 0 Å². The zero-order valence-corrected chi connectivity index (χ0v) is 13.9. The Morgan fingerprint density at radius 2 is 1.95 bits per heavy atom. The molecule has 1 aromatic heterocycles. The molecule has 0 radical (unpaired) electrons. The van der Waals surface area contributed by atoms with Gasteiger partial charge in [-0.05, 0) is 33.1 Å².